The van der Waals surface area contributed by atoms with E-state index in [-0.39, 0.29) is 0 Å². The van der Waals surface area contributed by atoms with Crippen LogP contribution in [0.2, 0.25) is 0 Å². The molecule has 1 unspecified atom stereocenters. The molecule has 0 amide bonds. The lowest BCUT2D eigenvalue weighted by Gasteiger charge is -2.28. The number of rotatable bonds is 5. The van der Waals surface area contributed by atoms with Crippen LogP contribution in [0, 0.1) is 6.92 Å². The molecule has 1 aromatic carbocycles. The zero-order chi connectivity index (χ0) is 14.7. The molecule has 0 fully saturated rings. The third-order valence-corrected chi connectivity index (χ3v) is 3.87. The van der Waals surface area contributed by atoms with Gasteiger partial charge >= 0.3 is 0 Å². The van der Waals surface area contributed by atoms with Crippen molar-refractivity contribution in [2.24, 2.45) is 0 Å². The minimum atomic E-state index is -0.488. The Morgan fingerprint density at radius 2 is 2.29 bits per heavy atom. The molecule has 3 rings (SSSR count). The Labute approximate surface area is 124 Å². The van der Waals surface area contributed by atoms with Crippen molar-refractivity contribution in [2.75, 3.05) is 19.7 Å². The highest BCUT2D eigenvalue weighted by Gasteiger charge is 2.20. The smallest absolute Gasteiger partial charge is 0.122 e. The van der Waals surface area contributed by atoms with Crippen LogP contribution in [0.25, 0.3) is 0 Å². The second-order valence-corrected chi connectivity index (χ2v) is 5.59. The molecule has 21 heavy (non-hydrogen) atoms. The number of nitrogens with one attached hydrogen (secondary N) is 1. The van der Waals surface area contributed by atoms with Gasteiger partial charge in [0.25, 0.3) is 0 Å². The third-order valence-electron chi connectivity index (χ3n) is 3.87. The van der Waals surface area contributed by atoms with Gasteiger partial charge in [0.05, 0.1) is 6.20 Å². The Morgan fingerprint density at radius 1 is 1.43 bits per heavy atom. The van der Waals surface area contributed by atoms with E-state index >= 15 is 0 Å². The first kappa shape index (κ1) is 14.1. The van der Waals surface area contributed by atoms with E-state index in [1.54, 1.807) is 0 Å². The Kier molecular flexibility index (Phi) is 4.22. The minimum absolute atomic E-state index is 0.319. The number of H-pyrrole nitrogens is 1. The number of aromatic nitrogens is 2. The minimum Gasteiger partial charge on any atom is -0.491 e. The van der Waals surface area contributed by atoms with E-state index in [0.29, 0.717) is 13.2 Å². The largest absolute Gasteiger partial charge is 0.491 e. The second kappa shape index (κ2) is 6.28. The van der Waals surface area contributed by atoms with E-state index in [9.17, 15) is 5.11 Å². The first-order valence-electron chi connectivity index (χ1n) is 7.32. The highest BCUT2D eigenvalue weighted by molar-refractivity contribution is 5.31. The molecule has 0 aliphatic carbocycles. The molecule has 2 N–H and O–H groups in total. The van der Waals surface area contributed by atoms with Crippen LogP contribution in [0.5, 0.6) is 5.75 Å². The summed E-state index contributed by atoms with van der Waals surface area (Å²) in [5.74, 6) is 0.840. The maximum Gasteiger partial charge on any atom is 0.122 e. The molecule has 1 atom stereocenters. The predicted octanol–water partition coefficient (Wildman–Crippen LogP) is 1.52. The molecule has 0 saturated heterocycles. The van der Waals surface area contributed by atoms with Crippen molar-refractivity contribution in [3.05, 3.63) is 47.3 Å². The van der Waals surface area contributed by atoms with Crippen molar-refractivity contribution in [2.45, 2.75) is 26.0 Å². The normalized spacial score (nSPS) is 16.5. The highest BCUT2D eigenvalue weighted by Crippen LogP contribution is 2.18. The van der Waals surface area contributed by atoms with Gasteiger partial charge in [0.15, 0.2) is 0 Å². The van der Waals surface area contributed by atoms with Crippen LogP contribution in [0.4, 0.5) is 0 Å². The molecule has 0 radical (unpaired) electrons. The number of aromatic amines is 1. The highest BCUT2D eigenvalue weighted by atomic mass is 16.5. The number of hydrogen-bond donors (Lipinski definition) is 2. The van der Waals surface area contributed by atoms with E-state index in [4.69, 9.17) is 4.74 Å². The van der Waals surface area contributed by atoms with Gasteiger partial charge in [-0.25, -0.2) is 0 Å². The van der Waals surface area contributed by atoms with Crippen LogP contribution < -0.4 is 4.74 Å². The number of benzene rings is 1. The van der Waals surface area contributed by atoms with Gasteiger partial charge in [-0.2, -0.15) is 5.10 Å². The maximum absolute atomic E-state index is 10.2. The molecular formula is C16H21N3O2. The lowest BCUT2D eigenvalue weighted by Crippen LogP contribution is -2.38. The first-order valence-corrected chi connectivity index (χ1v) is 7.32. The van der Waals surface area contributed by atoms with Gasteiger partial charge in [0, 0.05) is 37.3 Å². The number of aliphatic hydroxyl groups is 1. The van der Waals surface area contributed by atoms with Gasteiger partial charge in [-0.3, -0.25) is 10.00 Å². The Bertz CT molecular complexity index is 597. The average molecular weight is 287 g/mol. The van der Waals surface area contributed by atoms with E-state index in [0.717, 1.165) is 30.8 Å². The number of fused-ring (bicyclic) bond motifs is 1. The zero-order valence-corrected chi connectivity index (χ0v) is 12.2. The quantitative estimate of drug-likeness (QED) is 0.875. The summed E-state index contributed by atoms with van der Waals surface area (Å²) in [7, 11) is 0. The van der Waals surface area contributed by atoms with Crippen molar-refractivity contribution in [1.82, 2.24) is 15.1 Å². The molecular weight excluding hydrogens is 266 g/mol. The molecule has 0 spiro atoms. The number of para-hydroxylation sites is 1. The van der Waals surface area contributed by atoms with Crippen molar-refractivity contribution in [3.63, 3.8) is 0 Å². The lowest BCUT2D eigenvalue weighted by molar-refractivity contribution is 0.0634. The maximum atomic E-state index is 10.2. The molecule has 1 aromatic heterocycles. The lowest BCUT2D eigenvalue weighted by atomic mass is 10.1. The SMILES string of the molecule is Cc1ccccc1OCC(O)CN1CCc2[nH]ncc2C1. The third kappa shape index (κ3) is 3.43. The van der Waals surface area contributed by atoms with E-state index in [2.05, 4.69) is 15.1 Å². The van der Waals surface area contributed by atoms with Crippen LogP contribution in [-0.2, 0) is 13.0 Å². The van der Waals surface area contributed by atoms with Gasteiger partial charge in [0.2, 0.25) is 0 Å². The summed E-state index contributed by atoms with van der Waals surface area (Å²) in [5.41, 5.74) is 3.54. The molecule has 2 aromatic rings. The fourth-order valence-corrected chi connectivity index (χ4v) is 2.69. The van der Waals surface area contributed by atoms with Crippen molar-refractivity contribution in [3.8, 4) is 5.75 Å². The summed E-state index contributed by atoms with van der Waals surface area (Å²) in [5, 5.41) is 17.2. The standard InChI is InChI=1S/C16H21N3O2/c1-12-4-2-3-5-16(12)21-11-14(20)10-19-7-6-15-13(9-19)8-17-18-15/h2-5,8,14,20H,6-7,9-11H2,1H3,(H,17,18). The summed E-state index contributed by atoms with van der Waals surface area (Å²) in [6.45, 7) is 4.73. The molecule has 1 aliphatic heterocycles. The Morgan fingerprint density at radius 3 is 3.14 bits per heavy atom. The van der Waals surface area contributed by atoms with Gasteiger partial charge in [-0.15, -0.1) is 0 Å². The first-order chi connectivity index (χ1) is 10.2. The predicted molar refractivity (Wildman–Crippen MR) is 80.2 cm³/mol. The molecule has 112 valence electrons. The van der Waals surface area contributed by atoms with Crippen molar-refractivity contribution < 1.29 is 9.84 Å². The van der Waals surface area contributed by atoms with E-state index in [1.165, 1.54) is 11.3 Å². The van der Waals surface area contributed by atoms with E-state index < -0.39 is 6.10 Å². The number of nitrogens with zero attached hydrogens (tertiary/aromatic N) is 2. The van der Waals surface area contributed by atoms with Gasteiger partial charge < -0.3 is 9.84 Å². The fraction of sp³-hybridized carbons (Fsp3) is 0.438. The fourth-order valence-electron chi connectivity index (χ4n) is 2.69. The Hall–Kier alpha value is -1.85. The van der Waals surface area contributed by atoms with Crippen LogP contribution in [-0.4, -0.2) is 46.0 Å². The molecule has 5 heteroatoms. The molecule has 2 heterocycles. The monoisotopic (exact) mass is 287 g/mol. The summed E-state index contributed by atoms with van der Waals surface area (Å²) in [6, 6.07) is 7.86. The Balaban J connectivity index is 1.49. The molecule has 5 nitrogen and oxygen atoms in total. The van der Waals surface area contributed by atoms with Gasteiger partial charge in [0.1, 0.15) is 18.5 Å². The number of aliphatic hydroxyl groups excluding tert-OH is 1. The van der Waals surface area contributed by atoms with Crippen LogP contribution in [0.1, 0.15) is 16.8 Å². The van der Waals surface area contributed by atoms with Crippen LogP contribution >= 0.6 is 0 Å². The van der Waals surface area contributed by atoms with Crippen molar-refractivity contribution in [1.29, 1.82) is 0 Å². The summed E-state index contributed by atoms with van der Waals surface area (Å²) < 4.78 is 5.70. The molecule has 1 aliphatic rings. The summed E-state index contributed by atoms with van der Waals surface area (Å²) in [4.78, 5) is 2.24. The summed E-state index contributed by atoms with van der Waals surface area (Å²) in [6.07, 6.45) is 2.34. The number of ether oxygens (including phenoxy) is 1. The number of aryl methyl sites for hydroxylation is 1. The molecule has 0 bridgehead atoms. The number of hydrogen-bond acceptors (Lipinski definition) is 4. The van der Waals surface area contributed by atoms with Crippen LogP contribution in [0.15, 0.2) is 30.5 Å². The average Bonchev–Trinajstić information content (AvgIpc) is 2.94. The van der Waals surface area contributed by atoms with Crippen molar-refractivity contribution >= 4 is 0 Å². The van der Waals surface area contributed by atoms with E-state index in [1.807, 2.05) is 37.4 Å². The number of β-amino-alcohol motifs (C(OH)–C–C–N with tert-alkyl or cyclic N) is 1. The second-order valence-electron chi connectivity index (χ2n) is 5.59. The summed E-state index contributed by atoms with van der Waals surface area (Å²) >= 11 is 0. The van der Waals surface area contributed by atoms with Crippen LogP contribution in [0.3, 0.4) is 0 Å². The topological polar surface area (TPSA) is 61.4 Å². The van der Waals surface area contributed by atoms with Gasteiger partial charge in [-0.1, -0.05) is 18.2 Å². The molecule has 0 saturated carbocycles. The van der Waals surface area contributed by atoms with Gasteiger partial charge in [-0.05, 0) is 18.6 Å². The zero-order valence-electron chi connectivity index (χ0n) is 12.2.